The number of amides is 2. The molecular formula is C17H23N5O3. The van der Waals surface area contributed by atoms with E-state index < -0.39 is 0 Å². The lowest BCUT2D eigenvalue weighted by Crippen LogP contribution is -2.42. The Morgan fingerprint density at radius 1 is 1.40 bits per heavy atom. The van der Waals surface area contributed by atoms with E-state index in [0.717, 1.165) is 24.1 Å². The molecule has 2 heterocycles. The van der Waals surface area contributed by atoms with E-state index in [1.807, 2.05) is 31.2 Å². The summed E-state index contributed by atoms with van der Waals surface area (Å²) in [5.74, 6) is 0. The van der Waals surface area contributed by atoms with Crippen molar-refractivity contribution in [1.82, 2.24) is 19.7 Å². The lowest BCUT2D eigenvalue weighted by Gasteiger charge is -2.32. The van der Waals surface area contributed by atoms with Crippen molar-refractivity contribution in [2.24, 2.45) is 0 Å². The van der Waals surface area contributed by atoms with Gasteiger partial charge in [0.25, 0.3) is 0 Å². The summed E-state index contributed by atoms with van der Waals surface area (Å²) in [5.41, 5.74) is 1.56. The number of hydrogen-bond acceptors (Lipinski definition) is 4. The second-order valence-electron chi connectivity index (χ2n) is 6.22. The smallest absolute Gasteiger partial charge is 0.343 e. The third-order valence-corrected chi connectivity index (χ3v) is 4.68. The Morgan fingerprint density at radius 2 is 2.16 bits per heavy atom. The fourth-order valence-corrected chi connectivity index (χ4v) is 3.07. The number of H-pyrrole nitrogens is 1. The monoisotopic (exact) mass is 345 g/mol. The fourth-order valence-electron chi connectivity index (χ4n) is 3.07. The zero-order valence-corrected chi connectivity index (χ0v) is 14.4. The second kappa shape index (κ2) is 7.52. The molecule has 2 N–H and O–H groups in total. The number of ether oxygens (including phenoxy) is 1. The summed E-state index contributed by atoms with van der Waals surface area (Å²) in [6.07, 6.45) is 2.95. The molecule has 134 valence electrons. The van der Waals surface area contributed by atoms with Crippen LogP contribution in [0.5, 0.6) is 0 Å². The van der Waals surface area contributed by atoms with Gasteiger partial charge in [-0.2, -0.15) is 5.10 Å². The number of nitrogens with one attached hydrogen (secondary N) is 2. The van der Waals surface area contributed by atoms with Crippen LogP contribution in [0.15, 0.2) is 35.4 Å². The lowest BCUT2D eigenvalue weighted by atomic mass is 10.1. The molecule has 8 nitrogen and oxygen atoms in total. The highest BCUT2D eigenvalue weighted by molar-refractivity contribution is 5.89. The number of methoxy groups -OCH3 is 1. The summed E-state index contributed by atoms with van der Waals surface area (Å²) < 4.78 is 6.91. The number of benzene rings is 1. The van der Waals surface area contributed by atoms with Crippen LogP contribution >= 0.6 is 0 Å². The maximum Gasteiger partial charge on any atom is 0.343 e. The van der Waals surface area contributed by atoms with Crippen molar-refractivity contribution >= 4 is 11.7 Å². The number of aromatic amines is 1. The maximum absolute atomic E-state index is 12.5. The number of carbonyl (C=O) groups is 1. The van der Waals surface area contributed by atoms with E-state index in [1.54, 1.807) is 16.6 Å². The van der Waals surface area contributed by atoms with Gasteiger partial charge >= 0.3 is 11.7 Å². The average molecular weight is 345 g/mol. The zero-order chi connectivity index (χ0) is 17.8. The number of piperidine rings is 1. The van der Waals surface area contributed by atoms with Crippen molar-refractivity contribution in [2.45, 2.75) is 31.9 Å². The van der Waals surface area contributed by atoms with Crippen LogP contribution in [0.2, 0.25) is 0 Å². The van der Waals surface area contributed by atoms with Gasteiger partial charge in [0.15, 0.2) is 0 Å². The van der Waals surface area contributed by atoms with Crippen molar-refractivity contribution in [2.75, 3.05) is 25.5 Å². The molecule has 0 radical (unpaired) electrons. The number of rotatable bonds is 4. The second-order valence-corrected chi connectivity index (χ2v) is 6.22. The van der Waals surface area contributed by atoms with Gasteiger partial charge in [-0.05, 0) is 37.5 Å². The molecule has 1 aliphatic heterocycles. The molecule has 1 unspecified atom stereocenters. The molecule has 0 saturated carbocycles. The molecule has 1 atom stereocenters. The van der Waals surface area contributed by atoms with Crippen LogP contribution in [0.1, 0.15) is 37.5 Å². The number of carbonyl (C=O) groups excluding carboxylic acids is 1. The molecule has 25 heavy (non-hydrogen) atoms. The van der Waals surface area contributed by atoms with Crippen LogP contribution in [-0.4, -0.2) is 45.9 Å². The Morgan fingerprint density at radius 3 is 2.80 bits per heavy atom. The van der Waals surface area contributed by atoms with E-state index in [-0.39, 0.29) is 23.9 Å². The van der Waals surface area contributed by atoms with Gasteiger partial charge in [-0.3, -0.25) is 4.57 Å². The summed E-state index contributed by atoms with van der Waals surface area (Å²) in [7, 11) is 1.66. The number of likely N-dealkylation sites (tertiary alicyclic amines) is 1. The number of aromatic nitrogens is 3. The Hall–Kier alpha value is -2.61. The van der Waals surface area contributed by atoms with E-state index in [1.165, 1.54) is 6.33 Å². The molecule has 3 rings (SSSR count). The average Bonchev–Trinajstić information content (AvgIpc) is 3.07. The molecule has 2 amide bonds. The number of hydrogen-bond donors (Lipinski definition) is 2. The predicted molar refractivity (Wildman–Crippen MR) is 93.6 cm³/mol. The molecule has 0 spiro atoms. The van der Waals surface area contributed by atoms with Crippen LogP contribution in [0.3, 0.4) is 0 Å². The van der Waals surface area contributed by atoms with Crippen LogP contribution in [-0.2, 0) is 4.74 Å². The minimum atomic E-state index is -0.202. The third-order valence-electron chi connectivity index (χ3n) is 4.68. The molecule has 1 saturated heterocycles. The standard InChI is InChI=1S/C17H23N5O3/c1-12(25-2)13-4-3-5-14(10-13)19-16(23)21-8-6-15(7-9-21)22-11-18-20-17(22)24/h3-5,10-12,15H,6-9H2,1-2H3,(H,19,23)(H,20,24). The van der Waals surface area contributed by atoms with Crippen LogP contribution < -0.4 is 11.0 Å². The van der Waals surface area contributed by atoms with Crippen LogP contribution in [0, 0.1) is 0 Å². The van der Waals surface area contributed by atoms with Gasteiger partial charge in [-0.15, -0.1) is 0 Å². The van der Waals surface area contributed by atoms with E-state index in [4.69, 9.17) is 4.74 Å². The Bertz CT molecular complexity index is 776. The molecule has 1 aromatic heterocycles. The summed E-state index contributed by atoms with van der Waals surface area (Å²) in [6, 6.07) is 7.61. The first-order chi connectivity index (χ1) is 12.1. The molecule has 0 bridgehead atoms. The number of nitrogens with zero attached hydrogens (tertiary/aromatic N) is 3. The molecular weight excluding hydrogens is 322 g/mol. The molecule has 0 aliphatic carbocycles. The Labute approximate surface area is 145 Å². The van der Waals surface area contributed by atoms with Crippen molar-refractivity contribution in [3.05, 3.63) is 46.6 Å². The van der Waals surface area contributed by atoms with E-state index in [2.05, 4.69) is 15.5 Å². The van der Waals surface area contributed by atoms with Gasteiger partial charge in [0.1, 0.15) is 6.33 Å². The number of anilines is 1. The highest BCUT2D eigenvalue weighted by Crippen LogP contribution is 2.23. The highest BCUT2D eigenvalue weighted by Gasteiger charge is 2.24. The maximum atomic E-state index is 12.5. The van der Waals surface area contributed by atoms with Gasteiger partial charge in [0.2, 0.25) is 0 Å². The molecule has 2 aromatic rings. The van der Waals surface area contributed by atoms with Crippen LogP contribution in [0.4, 0.5) is 10.5 Å². The van der Waals surface area contributed by atoms with Crippen molar-refractivity contribution in [1.29, 1.82) is 0 Å². The Balaban J connectivity index is 1.58. The third kappa shape index (κ3) is 3.90. The number of urea groups is 1. The van der Waals surface area contributed by atoms with Gasteiger partial charge in [0.05, 0.1) is 6.10 Å². The topological polar surface area (TPSA) is 92.2 Å². The van der Waals surface area contributed by atoms with Crippen molar-refractivity contribution < 1.29 is 9.53 Å². The first-order valence-electron chi connectivity index (χ1n) is 8.38. The van der Waals surface area contributed by atoms with Gasteiger partial charge in [-0.1, -0.05) is 12.1 Å². The summed E-state index contributed by atoms with van der Waals surface area (Å²) in [5, 5.41) is 9.10. The van der Waals surface area contributed by atoms with Crippen LogP contribution in [0.25, 0.3) is 0 Å². The summed E-state index contributed by atoms with van der Waals surface area (Å²) in [6.45, 7) is 3.16. The Kier molecular flexibility index (Phi) is 5.18. The molecule has 1 fully saturated rings. The quantitative estimate of drug-likeness (QED) is 0.888. The molecule has 1 aromatic carbocycles. The first-order valence-corrected chi connectivity index (χ1v) is 8.38. The van der Waals surface area contributed by atoms with E-state index in [9.17, 15) is 9.59 Å². The van der Waals surface area contributed by atoms with E-state index >= 15 is 0 Å². The summed E-state index contributed by atoms with van der Waals surface area (Å²) >= 11 is 0. The highest BCUT2D eigenvalue weighted by atomic mass is 16.5. The fraction of sp³-hybridized carbons (Fsp3) is 0.471. The zero-order valence-electron chi connectivity index (χ0n) is 14.4. The largest absolute Gasteiger partial charge is 0.377 e. The molecule has 1 aliphatic rings. The minimum absolute atomic E-state index is 0.0270. The first kappa shape index (κ1) is 17.2. The van der Waals surface area contributed by atoms with Gasteiger partial charge < -0.3 is 15.0 Å². The minimum Gasteiger partial charge on any atom is -0.377 e. The molecule has 8 heteroatoms. The van der Waals surface area contributed by atoms with E-state index in [0.29, 0.717) is 13.1 Å². The predicted octanol–water partition coefficient (Wildman–Crippen LogP) is 2.15. The SMILES string of the molecule is COC(C)c1cccc(NC(=O)N2CCC(n3cn[nH]c3=O)CC2)c1. The lowest BCUT2D eigenvalue weighted by molar-refractivity contribution is 0.119. The van der Waals surface area contributed by atoms with Crippen molar-refractivity contribution in [3.8, 4) is 0 Å². The normalized spacial score (nSPS) is 16.6. The van der Waals surface area contributed by atoms with Gasteiger partial charge in [-0.25, -0.2) is 14.7 Å². The summed E-state index contributed by atoms with van der Waals surface area (Å²) in [4.78, 5) is 25.9. The van der Waals surface area contributed by atoms with Crippen molar-refractivity contribution in [3.63, 3.8) is 0 Å². The van der Waals surface area contributed by atoms with Gasteiger partial charge in [0, 0.05) is 31.9 Å².